The molecular formula is C12H24N2O3. The first-order valence-corrected chi connectivity index (χ1v) is 3.92. The van der Waals surface area contributed by atoms with Gasteiger partial charge in [0, 0.05) is 55.2 Å². The van der Waals surface area contributed by atoms with E-state index in [1.54, 1.807) is 0 Å². The Hall–Kier alpha value is -0.810. The van der Waals surface area contributed by atoms with Gasteiger partial charge in [0.15, 0.2) is 0 Å². The summed E-state index contributed by atoms with van der Waals surface area (Å²) in [7, 11) is -3.93. The van der Waals surface area contributed by atoms with Crippen molar-refractivity contribution in [2.24, 2.45) is 11.6 Å². The summed E-state index contributed by atoms with van der Waals surface area (Å²) >= 11 is 0. The number of amides is 1. The minimum Gasteiger partial charge on any atom is -0.444 e. The highest BCUT2D eigenvalue weighted by molar-refractivity contribution is 5.68. The lowest BCUT2D eigenvalue weighted by atomic mass is 9.94. The average molecular weight is 268 g/mol. The molecule has 1 fully saturated rings. The van der Waals surface area contributed by atoms with E-state index in [0.717, 1.165) is 0 Å². The predicted molar refractivity (Wildman–Crippen MR) is 65.8 cm³/mol. The van der Waals surface area contributed by atoms with Gasteiger partial charge in [0.25, 0.3) is 0 Å². The number of methoxy groups -OCH3 is 1. The topological polar surface area (TPSA) is 64.8 Å². The van der Waals surface area contributed by atoms with E-state index >= 15 is 0 Å². The summed E-state index contributed by atoms with van der Waals surface area (Å²) in [5, 5.41) is 0. The second-order valence-corrected chi connectivity index (χ2v) is 2.66. The number of nitrogens with zero attached hydrogens (tertiary/aromatic N) is 1. The lowest BCUT2D eigenvalue weighted by Crippen LogP contribution is -2.51. The molecule has 5 heteroatoms. The second kappa shape index (κ2) is 5.69. The van der Waals surface area contributed by atoms with Crippen LogP contribution < -0.4 is 5.72 Å². The normalized spacial score (nSPS) is 68.2. The second-order valence-electron chi connectivity index (χ2n) is 2.66. The molecule has 0 aromatic carbocycles. The Morgan fingerprint density at radius 3 is 3.29 bits per heavy atom. The standard InChI is InChI=1S/C12H24N2O3/c1-12(2,3)17-11(15)14-6-5-10(13)9(7-14)8-16-4/h9-10H,5-8,13H2,1-4H3/i1D3,2D3,3D3,4D3,5D2,6D2,7D2,8D2,9D,10D/hD2. The van der Waals surface area contributed by atoms with Crippen LogP contribution in [0.4, 0.5) is 4.79 Å². The van der Waals surface area contributed by atoms with Crippen molar-refractivity contribution in [3.05, 3.63) is 0 Å². The Kier molecular flexibility index (Phi) is 0.774. The van der Waals surface area contributed by atoms with Crippen molar-refractivity contribution in [3.63, 3.8) is 0 Å². The summed E-state index contributed by atoms with van der Waals surface area (Å²) in [6.07, 6.45) is -7.50. The molecule has 0 aliphatic carbocycles. The third kappa shape index (κ3) is 4.52. The minimum absolute atomic E-state index is 1.20. The van der Waals surface area contributed by atoms with Gasteiger partial charge in [-0.3, -0.25) is 0 Å². The zero-order chi connectivity index (χ0) is 33.6. The van der Waals surface area contributed by atoms with Crippen LogP contribution in [0.3, 0.4) is 0 Å². The lowest BCUT2D eigenvalue weighted by Gasteiger charge is -2.37. The molecule has 2 N–H and O–H groups in total. The molecule has 1 saturated heterocycles. The molecule has 0 spiro atoms. The summed E-state index contributed by atoms with van der Waals surface area (Å²) < 4.78 is 195. The largest absolute Gasteiger partial charge is 0.444 e. The summed E-state index contributed by atoms with van der Waals surface area (Å²) in [6, 6.07) is -4.52. The molecule has 0 aromatic heterocycles. The van der Waals surface area contributed by atoms with E-state index in [-0.39, 0.29) is 0 Å². The average Bonchev–Trinajstić information content (AvgIpc) is 2.63. The Bertz CT molecular complexity index is 973. The van der Waals surface area contributed by atoms with E-state index in [4.69, 9.17) is 33.0 Å². The molecule has 100 valence electrons. The van der Waals surface area contributed by atoms with Crippen LogP contribution in [0, 0.1) is 5.89 Å². The summed E-state index contributed by atoms with van der Waals surface area (Å²) in [5.41, 5.74) is -5.79. The van der Waals surface area contributed by atoms with Crippen molar-refractivity contribution < 1.29 is 47.2 Å². The van der Waals surface area contributed by atoms with E-state index in [1.165, 1.54) is 0 Å². The van der Waals surface area contributed by atoms with Crippen molar-refractivity contribution in [3.8, 4) is 0 Å². The predicted octanol–water partition coefficient (Wildman–Crippen LogP) is 1.22. The molecule has 5 nitrogen and oxygen atoms in total. The van der Waals surface area contributed by atoms with Crippen LogP contribution in [0.1, 0.15) is 57.1 Å². The first-order valence-electron chi connectivity index (χ1n) is 15.8. The van der Waals surface area contributed by atoms with Gasteiger partial charge in [-0.1, -0.05) is 0 Å². The van der Waals surface area contributed by atoms with Crippen molar-refractivity contribution >= 4 is 6.09 Å². The summed E-state index contributed by atoms with van der Waals surface area (Å²) in [5.74, 6) is -4.75. The molecule has 17 heavy (non-hydrogen) atoms. The maximum atomic E-state index is 13.3. The fourth-order valence-electron chi connectivity index (χ4n) is 0.754. The smallest absolute Gasteiger partial charge is 0.410 e. The third-order valence-corrected chi connectivity index (χ3v) is 1.32. The molecule has 2 unspecified atom stereocenters. The highest BCUT2D eigenvalue weighted by Crippen LogP contribution is 2.18. The fourth-order valence-corrected chi connectivity index (χ4v) is 0.754. The first kappa shape index (κ1) is 2.31. The Balaban J connectivity index is 4.31. The summed E-state index contributed by atoms with van der Waals surface area (Å²) in [6.45, 7) is -26.8. The quantitative estimate of drug-likeness (QED) is 0.836. The Labute approximate surface area is 137 Å². The van der Waals surface area contributed by atoms with Gasteiger partial charge in [0.1, 0.15) is 8.42 Å². The SMILES string of the molecule is [2H]N([2H])C1([2H])C([2H])([2H])C([2H])([2H])N(C(=O)OC(C([2H])([2H])[2H])(C([2H])([2H])[2H])C([2H])([2H])[2H])C([2H])([2H])C1([2H])C([2H])([2H])OC([2H])([2H])[2H]. The van der Waals surface area contributed by atoms with Gasteiger partial charge in [-0.2, -0.15) is 0 Å². The van der Waals surface area contributed by atoms with Crippen LogP contribution in [0.25, 0.3) is 0 Å². The highest BCUT2D eigenvalue weighted by atomic mass is 16.6. The maximum absolute atomic E-state index is 13.3. The van der Waals surface area contributed by atoms with Crippen LogP contribution in [-0.4, -0.2) is 49.2 Å². The molecule has 1 aliphatic heterocycles. The zero-order valence-electron chi connectivity index (χ0n) is 32.1. The van der Waals surface area contributed by atoms with Gasteiger partial charge < -0.3 is 20.1 Å². The van der Waals surface area contributed by atoms with E-state index in [9.17, 15) is 4.79 Å². The molecule has 1 aliphatic rings. The molecule has 0 radical (unpaired) electrons. The van der Waals surface area contributed by atoms with Crippen LogP contribution >= 0.6 is 0 Å². The van der Waals surface area contributed by atoms with Gasteiger partial charge in [-0.25, -0.2) is 4.79 Å². The van der Waals surface area contributed by atoms with E-state index in [1.807, 2.05) is 0 Å². The third-order valence-electron chi connectivity index (χ3n) is 1.32. The number of carbonyl (C=O) groups excluding carboxylic acids is 1. The molecule has 0 saturated carbocycles. The number of hydrogen-bond acceptors (Lipinski definition) is 4. The zero-order valence-corrected chi connectivity index (χ0v) is 8.12. The summed E-state index contributed by atoms with van der Waals surface area (Å²) in [4.78, 5) is 12.1. The molecule has 1 rings (SSSR count). The van der Waals surface area contributed by atoms with Crippen molar-refractivity contribution in [2.75, 3.05) is 26.6 Å². The van der Waals surface area contributed by atoms with Gasteiger partial charge >= 0.3 is 6.09 Å². The highest BCUT2D eigenvalue weighted by Gasteiger charge is 2.31. The number of nitrogens with two attached hydrogens (primary N) is 1. The minimum atomic E-state index is -4.75. The molecule has 1 heterocycles. The number of ether oxygens (including phenoxy) is 2. The molecule has 1 amide bonds. The fraction of sp³-hybridized carbons (Fsp3) is 0.917. The molecular weight excluding hydrogens is 220 g/mol. The van der Waals surface area contributed by atoms with Crippen LogP contribution in [0.5, 0.6) is 0 Å². The van der Waals surface area contributed by atoms with Crippen LogP contribution in [0.2, 0.25) is 2.82 Å². The van der Waals surface area contributed by atoms with Gasteiger partial charge in [-0.15, -0.1) is 0 Å². The Morgan fingerprint density at radius 2 is 2.65 bits per heavy atom. The maximum Gasteiger partial charge on any atom is 0.410 e. The number of piperidine rings is 1. The van der Waals surface area contributed by atoms with E-state index < -0.39 is 87.7 Å². The van der Waals surface area contributed by atoms with Crippen molar-refractivity contribution in [1.82, 2.24) is 4.90 Å². The monoisotopic (exact) mass is 268 g/mol. The Morgan fingerprint density at radius 1 is 1.82 bits per heavy atom. The number of carbonyl (C=O) groups is 1. The van der Waals surface area contributed by atoms with Gasteiger partial charge in [0.05, 0.1) is 13.4 Å². The van der Waals surface area contributed by atoms with Gasteiger partial charge in [-0.05, 0) is 26.9 Å². The number of likely N-dealkylation sites (tertiary alicyclic amines) is 1. The lowest BCUT2D eigenvalue weighted by molar-refractivity contribution is 0.00798. The van der Waals surface area contributed by atoms with E-state index in [2.05, 4.69) is 9.47 Å². The number of hydrogen-bond donors (Lipinski definition) is 1. The van der Waals surface area contributed by atoms with Crippen LogP contribution in [0.15, 0.2) is 0 Å². The van der Waals surface area contributed by atoms with Crippen molar-refractivity contribution in [1.29, 1.82) is 0 Å². The number of rotatable bonds is 3. The molecule has 0 aromatic rings. The molecule has 0 bridgehead atoms. The van der Waals surface area contributed by atoms with E-state index in [0.29, 0.717) is 0 Å². The molecule has 2 atom stereocenters. The van der Waals surface area contributed by atoms with Gasteiger partial charge in [0.2, 0.25) is 0 Å². The van der Waals surface area contributed by atoms with Crippen molar-refractivity contribution in [2.45, 2.75) is 38.5 Å². The van der Waals surface area contributed by atoms with Crippen LogP contribution in [-0.2, 0) is 9.47 Å². The first-order chi connectivity index (χ1) is 17.4.